The first-order chi connectivity index (χ1) is 9.20. The van der Waals surface area contributed by atoms with Gasteiger partial charge in [-0.15, -0.1) is 0 Å². The van der Waals surface area contributed by atoms with Gasteiger partial charge < -0.3 is 15.1 Å². The molecule has 1 aromatic heterocycles. The van der Waals surface area contributed by atoms with Gasteiger partial charge in [-0.2, -0.15) is 0 Å². The van der Waals surface area contributed by atoms with Gasteiger partial charge in [-0.25, -0.2) is 4.98 Å². The highest BCUT2D eigenvalue weighted by Crippen LogP contribution is 2.27. The topological polar surface area (TPSA) is 67.2 Å². The first-order valence-electron chi connectivity index (χ1n) is 6.58. The van der Waals surface area contributed by atoms with Crippen molar-refractivity contribution in [3.05, 3.63) is 24.1 Å². The van der Waals surface area contributed by atoms with Crippen LogP contribution in [0.5, 0.6) is 0 Å². The van der Waals surface area contributed by atoms with Gasteiger partial charge in [0.15, 0.2) is 11.5 Å². The van der Waals surface area contributed by atoms with E-state index in [9.17, 15) is 4.79 Å². The maximum Gasteiger partial charge on any atom is 0.238 e. The Morgan fingerprint density at radius 3 is 3.11 bits per heavy atom. The van der Waals surface area contributed by atoms with Crippen molar-refractivity contribution in [1.82, 2.24) is 10.3 Å². The molecule has 0 saturated heterocycles. The van der Waals surface area contributed by atoms with Crippen molar-refractivity contribution in [2.45, 2.75) is 19.8 Å². The summed E-state index contributed by atoms with van der Waals surface area (Å²) >= 11 is 0. The third kappa shape index (κ3) is 3.12. The number of fused-ring (bicyclic) bond motifs is 1. The molecule has 1 aromatic carbocycles. The lowest BCUT2D eigenvalue weighted by Gasteiger charge is -2.05. The van der Waals surface area contributed by atoms with Gasteiger partial charge in [0, 0.05) is 18.7 Å². The fraction of sp³-hybridized carbons (Fsp3) is 0.429. The van der Waals surface area contributed by atoms with Crippen molar-refractivity contribution >= 4 is 22.7 Å². The minimum atomic E-state index is -0.0313. The molecule has 19 heavy (non-hydrogen) atoms. The lowest BCUT2D eigenvalue weighted by molar-refractivity contribution is -0.115. The summed E-state index contributed by atoms with van der Waals surface area (Å²) in [7, 11) is 0. The highest BCUT2D eigenvalue weighted by molar-refractivity contribution is 5.94. The zero-order valence-corrected chi connectivity index (χ0v) is 10.9. The van der Waals surface area contributed by atoms with E-state index in [1.807, 2.05) is 12.1 Å². The Labute approximate surface area is 111 Å². The molecule has 0 spiro atoms. The zero-order valence-electron chi connectivity index (χ0n) is 10.9. The summed E-state index contributed by atoms with van der Waals surface area (Å²) in [5.41, 5.74) is 2.24. The molecule has 1 aliphatic carbocycles. The van der Waals surface area contributed by atoms with E-state index in [4.69, 9.17) is 4.42 Å². The summed E-state index contributed by atoms with van der Waals surface area (Å²) in [6.07, 6.45) is 2.58. The number of hydrogen-bond acceptors (Lipinski definition) is 4. The first kappa shape index (κ1) is 12.2. The fourth-order valence-corrected chi connectivity index (χ4v) is 2.03. The van der Waals surface area contributed by atoms with Crippen molar-refractivity contribution < 1.29 is 9.21 Å². The summed E-state index contributed by atoms with van der Waals surface area (Å²) in [5.74, 6) is 1.38. The van der Waals surface area contributed by atoms with Gasteiger partial charge in [-0.05, 0) is 37.4 Å². The van der Waals surface area contributed by atoms with Crippen LogP contribution in [0.3, 0.4) is 0 Å². The van der Waals surface area contributed by atoms with E-state index < -0.39 is 0 Å². The second kappa shape index (κ2) is 5.01. The second-order valence-electron chi connectivity index (χ2n) is 5.04. The Morgan fingerprint density at radius 2 is 2.32 bits per heavy atom. The van der Waals surface area contributed by atoms with Gasteiger partial charge in [0.05, 0.1) is 6.54 Å². The molecule has 1 heterocycles. The third-order valence-electron chi connectivity index (χ3n) is 3.19. The largest absolute Gasteiger partial charge is 0.441 e. The average molecular weight is 259 g/mol. The number of carbonyl (C=O) groups excluding carboxylic acids is 1. The molecule has 5 nitrogen and oxygen atoms in total. The number of oxazole rings is 1. The molecule has 1 aliphatic rings. The fourth-order valence-electron chi connectivity index (χ4n) is 2.03. The van der Waals surface area contributed by atoms with Crippen LogP contribution in [0.4, 0.5) is 5.69 Å². The molecule has 1 fully saturated rings. The van der Waals surface area contributed by atoms with Gasteiger partial charge >= 0.3 is 0 Å². The normalized spacial score (nSPS) is 14.8. The lowest BCUT2D eigenvalue weighted by Crippen LogP contribution is -2.29. The predicted octanol–water partition coefficient (Wildman–Crippen LogP) is 2.07. The number of amides is 1. The third-order valence-corrected chi connectivity index (χ3v) is 3.19. The van der Waals surface area contributed by atoms with Crippen molar-refractivity contribution in [3.8, 4) is 0 Å². The van der Waals surface area contributed by atoms with Gasteiger partial charge in [-0.3, -0.25) is 4.79 Å². The quantitative estimate of drug-likeness (QED) is 0.862. The molecule has 1 saturated carbocycles. The Morgan fingerprint density at radius 1 is 1.47 bits per heavy atom. The number of nitrogens with zero attached hydrogens (tertiary/aromatic N) is 1. The van der Waals surface area contributed by atoms with Gasteiger partial charge in [0.1, 0.15) is 5.52 Å². The van der Waals surface area contributed by atoms with E-state index in [-0.39, 0.29) is 5.91 Å². The van der Waals surface area contributed by atoms with Crippen LogP contribution < -0.4 is 10.6 Å². The number of benzene rings is 1. The van der Waals surface area contributed by atoms with Crippen LogP contribution in [-0.4, -0.2) is 24.0 Å². The summed E-state index contributed by atoms with van der Waals surface area (Å²) < 4.78 is 5.43. The van der Waals surface area contributed by atoms with E-state index in [0.29, 0.717) is 18.0 Å². The summed E-state index contributed by atoms with van der Waals surface area (Å²) in [5, 5.41) is 6.01. The second-order valence-corrected chi connectivity index (χ2v) is 5.04. The molecule has 3 rings (SSSR count). The molecule has 1 amide bonds. The standard InChI is InChI=1S/C14H17N3O2/c1-9-16-12-5-4-11(6-13(12)19-9)17-14(18)8-15-7-10-2-3-10/h4-6,10,15H,2-3,7-8H2,1H3,(H,17,18). The molecular weight excluding hydrogens is 242 g/mol. The maximum absolute atomic E-state index is 11.7. The Bertz CT molecular complexity index is 602. The maximum atomic E-state index is 11.7. The Kier molecular flexibility index (Phi) is 3.21. The van der Waals surface area contributed by atoms with E-state index in [0.717, 1.165) is 23.7 Å². The van der Waals surface area contributed by atoms with Crippen LogP contribution in [0.25, 0.3) is 11.1 Å². The van der Waals surface area contributed by atoms with Gasteiger partial charge in [0.25, 0.3) is 0 Å². The van der Waals surface area contributed by atoms with E-state index in [2.05, 4.69) is 15.6 Å². The molecule has 5 heteroatoms. The lowest BCUT2D eigenvalue weighted by atomic mass is 10.3. The van der Waals surface area contributed by atoms with Crippen LogP contribution in [0.2, 0.25) is 0 Å². The number of aryl methyl sites for hydroxylation is 1. The summed E-state index contributed by atoms with van der Waals surface area (Å²) in [6, 6.07) is 5.48. The number of aromatic nitrogens is 1. The van der Waals surface area contributed by atoms with Crippen LogP contribution in [0, 0.1) is 12.8 Å². The Balaban J connectivity index is 1.58. The molecule has 0 unspecified atom stereocenters. The van der Waals surface area contributed by atoms with Crippen molar-refractivity contribution in [2.75, 3.05) is 18.4 Å². The highest BCUT2D eigenvalue weighted by Gasteiger charge is 2.20. The van der Waals surface area contributed by atoms with Crippen molar-refractivity contribution in [1.29, 1.82) is 0 Å². The van der Waals surface area contributed by atoms with Gasteiger partial charge in [0.2, 0.25) is 5.91 Å². The SMILES string of the molecule is Cc1nc2ccc(NC(=O)CNCC3CC3)cc2o1. The molecule has 2 aromatic rings. The van der Waals surface area contributed by atoms with Crippen molar-refractivity contribution in [3.63, 3.8) is 0 Å². The van der Waals surface area contributed by atoms with Crippen LogP contribution in [-0.2, 0) is 4.79 Å². The van der Waals surface area contributed by atoms with E-state index >= 15 is 0 Å². The number of carbonyl (C=O) groups is 1. The molecule has 2 N–H and O–H groups in total. The zero-order chi connectivity index (χ0) is 13.2. The van der Waals surface area contributed by atoms with E-state index in [1.165, 1.54) is 12.8 Å². The smallest absolute Gasteiger partial charge is 0.238 e. The highest BCUT2D eigenvalue weighted by atomic mass is 16.3. The summed E-state index contributed by atoms with van der Waals surface area (Å²) in [4.78, 5) is 16.0. The number of hydrogen-bond donors (Lipinski definition) is 2. The van der Waals surface area contributed by atoms with Crippen LogP contribution in [0.15, 0.2) is 22.6 Å². The Hall–Kier alpha value is -1.88. The minimum absolute atomic E-state index is 0.0313. The molecule has 0 atom stereocenters. The number of nitrogens with one attached hydrogen (secondary N) is 2. The minimum Gasteiger partial charge on any atom is -0.441 e. The molecule has 0 radical (unpaired) electrons. The van der Waals surface area contributed by atoms with Crippen molar-refractivity contribution in [2.24, 2.45) is 5.92 Å². The van der Waals surface area contributed by atoms with Gasteiger partial charge in [-0.1, -0.05) is 0 Å². The average Bonchev–Trinajstić information content (AvgIpc) is 3.09. The monoisotopic (exact) mass is 259 g/mol. The van der Waals surface area contributed by atoms with E-state index in [1.54, 1.807) is 13.0 Å². The summed E-state index contributed by atoms with van der Waals surface area (Å²) in [6.45, 7) is 3.10. The molecule has 0 aliphatic heterocycles. The molecule has 0 bridgehead atoms. The first-order valence-corrected chi connectivity index (χ1v) is 6.58. The molecular formula is C14H17N3O2. The predicted molar refractivity (Wildman–Crippen MR) is 73.0 cm³/mol. The van der Waals surface area contributed by atoms with Crippen LogP contribution in [0.1, 0.15) is 18.7 Å². The number of rotatable bonds is 5. The number of anilines is 1. The van der Waals surface area contributed by atoms with Crippen LogP contribution >= 0.6 is 0 Å². The molecule has 100 valence electrons.